The van der Waals surface area contributed by atoms with Gasteiger partial charge in [-0.1, -0.05) is 17.3 Å². The molecule has 0 radical (unpaired) electrons. The van der Waals surface area contributed by atoms with E-state index < -0.39 is 0 Å². The molecule has 110 valence electrons. The van der Waals surface area contributed by atoms with Gasteiger partial charge in [0, 0.05) is 25.5 Å². The Bertz CT molecular complexity index is 614. The van der Waals surface area contributed by atoms with E-state index in [0.29, 0.717) is 17.9 Å². The second kappa shape index (κ2) is 7.25. The summed E-state index contributed by atoms with van der Waals surface area (Å²) in [6, 6.07) is 9.47. The van der Waals surface area contributed by atoms with E-state index >= 15 is 0 Å². The third kappa shape index (κ3) is 3.93. The highest BCUT2D eigenvalue weighted by Crippen LogP contribution is 2.20. The molecule has 0 fully saturated rings. The number of nitrogens with one attached hydrogen (secondary N) is 1. The highest BCUT2D eigenvalue weighted by molar-refractivity contribution is 5.99. The van der Waals surface area contributed by atoms with Crippen molar-refractivity contribution < 1.29 is 9.94 Å². The summed E-state index contributed by atoms with van der Waals surface area (Å²) in [6.07, 6.45) is 3.58. The Hall–Kier alpha value is -2.60. The molecule has 0 bridgehead atoms. The zero-order valence-electron chi connectivity index (χ0n) is 11.8. The maximum absolute atomic E-state index is 8.73. The number of benzene rings is 1. The van der Waals surface area contributed by atoms with E-state index in [0.717, 1.165) is 17.7 Å². The number of hydrogen-bond donors (Lipinski definition) is 3. The van der Waals surface area contributed by atoms with Gasteiger partial charge in [0.1, 0.15) is 5.75 Å². The highest BCUT2D eigenvalue weighted by atomic mass is 16.5. The van der Waals surface area contributed by atoms with Gasteiger partial charge in [0.25, 0.3) is 0 Å². The zero-order valence-corrected chi connectivity index (χ0v) is 11.8. The van der Waals surface area contributed by atoms with Gasteiger partial charge in [-0.3, -0.25) is 4.98 Å². The molecule has 0 atom stereocenters. The highest BCUT2D eigenvalue weighted by Gasteiger charge is 2.08. The van der Waals surface area contributed by atoms with E-state index in [1.54, 1.807) is 19.4 Å². The van der Waals surface area contributed by atoms with E-state index in [9.17, 15) is 0 Å². The van der Waals surface area contributed by atoms with Gasteiger partial charge in [0.15, 0.2) is 5.84 Å². The molecule has 1 aromatic heterocycles. The standard InChI is InChI=1S/C15H18N4O2/c1-21-14-7-11(4-5-13(14)15(16)19-20)8-18-10-12-3-2-6-17-9-12/h2-7,9,18,20H,8,10H2,1H3,(H2,16,19). The van der Waals surface area contributed by atoms with Crippen molar-refractivity contribution in [2.24, 2.45) is 10.9 Å². The molecule has 2 aromatic rings. The van der Waals surface area contributed by atoms with Crippen LogP contribution in [0.3, 0.4) is 0 Å². The predicted octanol–water partition coefficient (Wildman–Crippen LogP) is 1.47. The molecule has 6 nitrogen and oxygen atoms in total. The van der Waals surface area contributed by atoms with Crippen LogP contribution < -0.4 is 15.8 Å². The molecule has 2 rings (SSSR count). The van der Waals surface area contributed by atoms with Crippen LogP contribution in [0.2, 0.25) is 0 Å². The van der Waals surface area contributed by atoms with E-state index in [4.69, 9.17) is 15.7 Å². The summed E-state index contributed by atoms with van der Waals surface area (Å²) in [5.74, 6) is 0.604. The molecule has 0 unspecified atom stereocenters. The lowest BCUT2D eigenvalue weighted by atomic mass is 10.1. The molecule has 1 aromatic carbocycles. The van der Waals surface area contributed by atoms with Crippen LogP contribution in [0.25, 0.3) is 0 Å². The lowest BCUT2D eigenvalue weighted by Gasteiger charge is -2.10. The summed E-state index contributed by atoms with van der Waals surface area (Å²) < 4.78 is 5.26. The van der Waals surface area contributed by atoms with Crippen molar-refractivity contribution in [2.45, 2.75) is 13.1 Å². The molecular formula is C15H18N4O2. The first-order valence-electron chi connectivity index (χ1n) is 6.49. The number of oxime groups is 1. The van der Waals surface area contributed by atoms with Gasteiger partial charge < -0.3 is 21.0 Å². The van der Waals surface area contributed by atoms with Crippen molar-refractivity contribution in [2.75, 3.05) is 7.11 Å². The van der Waals surface area contributed by atoms with Gasteiger partial charge in [0.2, 0.25) is 0 Å². The number of rotatable bonds is 6. The number of amidine groups is 1. The van der Waals surface area contributed by atoms with E-state index in [1.807, 2.05) is 30.5 Å². The van der Waals surface area contributed by atoms with Crippen LogP contribution in [0.4, 0.5) is 0 Å². The first-order valence-corrected chi connectivity index (χ1v) is 6.49. The molecule has 0 spiro atoms. The van der Waals surface area contributed by atoms with E-state index in [2.05, 4.69) is 15.5 Å². The summed E-state index contributed by atoms with van der Waals surface area (Å²) in [5, 5.41) is 15.1. The molecule has 6 heteroatoms. The molecule has 0 aliphatic carbocycles. The number of methoxy groups -OCH3 is 1. The monoisotopic (exact) mass is 286 g/mol. The van der Waals surface area contributed by atoms with Crippen molar-refractivity contribution in [3.05, 3.63) is 59.4 Å². The second-order valence-electron chi connectivity index (χ2n) is 4.48. The van der Waals surface area contributed by atoms with E-state index in [-0.39, 0.29) is 5.84 Å². The second-order valence-corrected chi connectivity index (χ2v) is 4.48. The number of nitrogens with zero attached hydrogens (tertiary/aromatic N) is 2. The summed E-state index contributed by atoms with van der Waals surface area (Å²) in [5.41, 5.74) is 8.33. The molecule has 0 aliphatic heterocycles. The summed E-state index contributed by atoms with van der Waals surface area (Å²) in [6.45, 7) is 1.42. The lowest BCUT2D eigenvalue weighted by Crippen LogP contribution is -2.16. The van der Waals surface area contributed by atoms with Crippen LogP contribution in [0, 0.1) is 0 Å². The van der Waals surface area contributed by atoms with Crippen molar-refractivity contribution >= 4 is 5.84 Å². The van der Waals surface area contributed by atoms with Gasteiger partial charge in [-0.05, 0) is 29.3 Å². The minimum atomic E-state index is 0.0294. The van der Waals surface area contributed by atoms with E-state index in [1.165, 1.54) is 0 Å². The van der Waals surface area contributed by atoms with Crippen LogP contribution in [-0.2, 0) is 13.1 Å². The topological polar surface area (TPSA) is 92.8 Å². The van der Waals surface area contributed by atoms with Crippen molar-refractivity contribution in [1.29, 1.82) is 0 Å². The fourth-order valence-corrected chi connectivity index (χ4v) is 1.96. The largest absolute Gasteiger partial charge is 0.496 e. The van der Waals surface area contributed by atoms with Gasteiger partial charge in [-0.2, -0.15) is 0 Å². The van der Waals surface area contributed by atoms with Gasteiger partial charge >= 0.3 is 0 Å². The molecule has 4 N–H and O–H groups in total. The predicted molar refractivity (Wildman–Crippen MR) is 80.3 cm³/mol. The van der Waals surface area contributed by atoms with Crippen molar-refractivity contribution in [3.8, 4) is 5.75 Å². The molecule has 21 heavy (non-hydrogen) atoms. The van der Waals surface area contributed by atoms with Crippen molar-refractivity contribution in [3.63, 3.8) is 0 Å². The molecular weight excluding hydrogens is 268 g/mol. The fraction of sp³-hybridized carbons (Fsp3) is 0.200. The van der Waals surface area contributed by atoms with Crippen LogP contribution in [0.15, 0.2) is 47.9 Å². The normalized spacial score (nSPS) is 11.4. The zero-order chi connectivity index (χ0) is 15.1. The van der Waals surface area contributed by atoms with Crippen LogP contribution in [0.5, 0.6) is 5.75 Å². The molecule has 0 aliphatic rings. The number of nitrogens with two attached hydrogens (primary N) is 1. The van der Waals surface area contributed by atoms with Gasteiger partial charge in [-0.15, -0.1) is 0 Å². The first kappa shape index (κ1) is 14.8. The quantitative estimate of drug-likeness (QED) is 0.324. The Morgan fingerprint density at radius 2 is 2.14 bits per heavy atom. The Kier molecular flexibility index (Phi) is 5.11. The molecule has 0 amide bonds. The van der Waals surface area contributed by atoms with Gasteiger partial charge in [-0.25, -0.2) is 0 Å². The molecule has 0 saturated heterocycles. The van der Waals surface area contributed by atoms with Crippen molar-refractivity contribution in [1.82, 2.24) is 10.3 Å². The number of pyridine rings is 1. The first-order chi connectivity index (χ1) is 10.2. The average Bonchev–Trinajstić information content (AvgIpc) is 2.55. The number of hydrogen-bond acceptors (Lipinski definition) is 5. The van der Waals surface area contributed by atoms with Gasteiger partial charge in [0.05, 0.1) is 12.7 Å². The smallest absolute Gasteiger partial charge is 0.173 e. The third-order valence-corrected chi connectivity index (χ3v) is 3.03. The van der Waals surface area contributed by atoms with Crippen LogP contribution in [0.1, 0.15) is 16.7 Å². The minimum absolute atomic E-state index is 0.0294. The Morgan fingerprint density at radius 3 is 2.81 bits per heavy atom. The lowest BCUT2D eigenvalue weighted by molar-refractivity contribution is 0.318. The van der Waals surface area contributed by atoms with Crippen LogP contribution in [-0.4, -0.2) is 23.1 Å². The van der Waals surface area contributed by atoms with Crippen LogP contribution >= 0.6 is 0 Å². The summed E-state index contributed by atoms with van der Waals surface area (Å²) >= 11 is 0. The maximum Gasteiger partial charge on any atom is 0.173 e. The third-order valence-electron chi connectivity index (χ3n) is 3.03. The summed E-state index contributed by atoms with van der Waals surface area (Å²) in [7, 11) is 1.55. The maximum atomic E-state index is 8.73. The fourth-order valence-electron chi connectivity index (χ4n) is 1.96. The Balaban J connectivity index is 2.01. The average molecular weight is 286 g/mol. The number of ether oxygens (including phenoxy) is 1. The Labute approximate surface area is 123 Å². The SMILES string of the molecule is COc1cc(CNCc2cccnc2)ccc1/C(N)=N/O. The summed E-state index contributed by atoms with van der Waals surface area (Å²) in [4.78, 5) is 4.07. The number of aromatic nitrogens is 1. The molecule has 1 heterocycles. The Morgan fingerprint density at radius 1 is 1.33 bits per heavy atom. The molecule has 0 saturated carbocycles. The minimum Gasteiger partial charge on any atom is -0.496 e.